The summed E-state index contributed by atoms with van der Waals surface area (Å²) in [6, 6.07) is 0. The molecule has 0 spiro atoms. The van der Waals surface area contributed by atoms with Gasteiger partial charge in [0.15, 0.2) is 0 Å². The third kappa shape index (κ3) is 2.47. The summed E-state index contributed by atoms with van der Waals surface area (Å²) < 4.78 is 0. The molecule has 14 heavy (non-hydrogen) atoms. The Morgan fingerprint density at radius 1 is 1.36 bits per heavy atom. The lowest BCUT2D eigenvalue weighted by atomic mass is 9.70. The molecule has 1 unspecified atom stereocenters. The summed E-state index contributed by atoms with van der Waals surface area (Å²) in [7, 11) is 0. The molecule has 0 heterocycles. The monoisotopic (exact) mass is 201 g/mol. The minimum absolute atomic E-state index is 0.199. The number of aliphatic carboxylic acids is 1. The molecule has 0 saturated heterocycles. The molecule has 0 rings (SSSR count). The normalized spacial score (nSPS) is 15.5. The van der Waals surface area contributed by atoms with Crippen molar-refractivity contribution in [3.8, 4) is 0 Å². The van der Waals surface area contributed by atoms with E-state index in [1.54, 1.807) is 0 Å². The van der Waals surface area contributed by atoms with Crippen LogP contribution in [0.5, 0.6) is 0 Å². The summed E-state index contributed by atoms with van der Waals surface area (Å²) in [6.45, 7) is 6.34. The fourth-order valence-corrected chi connectivity index (χ4v) is 2.36. The van der Waals surface area contributed by atoms with Gasteiger partial charge in [0.05, 0.1) is 5.41 Å². The number of hydrogen-bond acceptors (Lipinski definition) is 2. The largest absolute Gasteiger partial charge is 0.481 e. The van der Waals surface area contributed by atoms with Crippen LogP contribution in [0, 0.1) is 11.3 Å². The number of rotatable bonds is 7. The molecular weight excluding hydrogens is 178 g/mol. The van der Waals surface area contributed by atoms with Crippen molar-refractivity contribution in [2.24, 2.45) is 17.1 Å². The van der Waals surface area contributed by atoms with Crippen LogP contribution in [0.3, 0.4) is 0 Å². The average molecular weight is 201 g/mol. The van der Waals surface area contributed by atoms with E-state index in [0.29, 0.717) is 6.42 Å². The maximum atomic E-state index is 11.3. The van der Waals surface area contributed by atoms with Gasteiger partial charge >= 0.3 is 5.97 Å². The van der Waals surface area contributed by atoms with Gasteiger partial charge in [-0.25, -0.2) is 0 Å². The van der Waals surface area contributed by atoms with Crippen molar-refractivity contribution in [1.29, 1.82) is 0 Å². The van der Waals surface area contributed by atoms with Crippen LogP contribution in [-0.2, 0) is 4.79 Å². The molecule has 84 valence electrons. The van der Waals surface area contributed by atoms with E-state index in [9.17, 15) is 9.90 Å². The van der Waals surface area contributed by atoms with Crippen LogP contribution in [0.15, 0.2) is 0 Å². The minimum Gasteiger partial charge on any atom is -0.481 e. The summed E-state index contributed by atoms with van der Waals surface area (Å²) in [5.74, 6) is -0.527. The first-order chi connectivity index (χ1) is 6.58. The number of hydrogen-bond donors (Lipinski definition) is 2. The van der Waals surface area contributed by atoms with E-state index in [1.807, 2.05) is 20.8 Å². The van der Waals surface area contributed by atoms with E-state index < -0.39 is 11.4 Å². The number of carboxylic acid groups (broad SMARTS) is 1. The molecule has 0 aromatic rings. The molecule has 0 aliphatic carbocycles. The SMILES string of the molecule is CCCC(CN)(C(=O)O)C(CC)CC. The molecule has 0 aliphatic rings. The van der Waals surface area contributed by atoms with Gasteiger partial charge in [0.25, 0.3) is 0 Å². The van der Waals surface area contributed by atoms with E-state index in [1.165, 1.54) is 0 Å². The van der Waals surface area contributed by atoms with Crippen molar-refractivity contribution in [3.05, 3.63) is 0 Å². The predicted molar refractivity (Wildman–Crippen MR) is 58.1 cm³/mol. The van der Waals surface area contributed by atoms with E-state index in [0.717, 1.165) is 19.3 Å². The van der Waals surface area contributed by atoms with E-state index in [2.05, 4.69) is 0 Å². The van der Waals surface area contributed by atoms with Crippen molar-refractivity contribution in [3.63, 3.8) is 0 Å². The summed E-state index contributed by atoms with van der Waals surface area (Å²) in [4.78, 5) is 11.3. The molecule has 0 aliphatic heterocycles. The molecule has 0 aromatic heterocycles. The van der Waals surface area contributed by atoms with Crippen LogP contribution in [0.2, 0.25) is 0 Å². The van der Waals surface area contributed by atoms with Crippen LogP contribution < -0.4 is 5.73 Å². The summed E-state index contributed by atoms with van der Waals surface area (Å²) >= 11 is 0. The van der Waals surface area contributed by atoms with Crippen molar-refractivity contribution in [2.75, 3.05) is 6.54 Å². The van der Waals surface area contributed by atoms with Gasteiger partial charge in [-0.1, -0.05) is 40.0 Å². The highest BCUT2D eigenvalue weighted by Gasteiger charge is 2.41. The molecule has 0 fully saturated rings. The molecule has 0 saturated carbocycles. The van der Waals surface area contributed by atoms with Crippen LogP contribution in [0.25, 0.3) is 0 Å². The first kappa shape index (κ1) is 13.4. The summed E-state index contributed by atoms with van der Waals surface area (Å²) in [5.41, 5.74) is 4.97. The van der Waals surface area contributed by atoms with Gasteiger partial charge in [-0.15, -0.1) is 0 Å². The third-order valence-corrected chi connectivity index (χ3v) is 3.25. The number of carbonyl (C=O) groups is 1. The van der Waals surface area contributed by atoms with Crippen molar-refractivity contribution in [1.82, 2.24) is 0 Å². The smallest absolute Gasteiger partial charge is 0.311 e. The number of nitrogens with two attached hydrogens (primary N) is 1. The fraction of sp³-hybridized carbons (Fsp3) is 0.909. The van der Waals surface area contributed by atoms with E-state index in [-0.39, 0.29) is 12.5 Å². The van der Waals surface area contributed by atoms with Crippen molar-refractivity contribution in [2.45, 2.75) is 46.5 Å². The van der Waals surface area contributed by atoms with E-state index >= 15 is 0 Å². The zero-order chi connectivity index (χ0) is 11.2. The fourth-order valence-electron chi connectivity index (χ4n) is 2.36. The van der Waals surface area contributed by atoms with Crippen LogP contribution in [0.4, 0.5) is 0 Å². The van der Waals surface area contributed by atoms with Gasteiger partial charge in [0, 0.05) is 6.54 Å². The van der Waals surface area contributed by atoms with Crippen molar-refractivity contribution >= 4 is 5.97 Å². The minimum atomic E-state index is -0.726. The Labute approximate surface area is 86.7 Å². The Morgan fingerprint density at radius 3 is 2.07 bits per heavy atom. The molecule has 3 heteroatoms. The molecular formula is C11H23NO2. The van der Waals surface area contributed by atoms with Gasteiger partial charge in [-0.05, 0) is 12.3 Å². The highest BCUT2D eigenvalue weighted by molar-refractivity contribution is 5.75. The van der Waals surface area contributed by atoms with E-state index in [4.69, 9.17) is 5.73 Å². The van der Waals surface area contributed by atoms with Gasteiger partial charge in [0.1, 0.15) is 0 Å². The van der Waals surface area contributed by atoms with Gasteiger partial charge < -0.3 is 10.8 Å². The lowest BCUT2D eigenvalue weighted by molar-refractivity contribution is -0.153. The Balaban J connectivity index is 4.89. The van der Waals surface area contributed by atoms with Crippen LogP contribution in [0.1, 0.15) is 46.5 Å². The quantitative estimate of drug-likeness (QED) is 0.664. The molecule has 0 aromatic carbocycles. The Bertz CT molecular complexity index is 178. The number of carboxylic acids is 1. The average Bonchev–Trinajstić information content (AvgIpc) is 2.17. The standard InChI is InChI=1S/C11H23NO2/c1-4-7-11(8-12,10(13)14)9(5-2)6-3/h9H,4-8,12H2,1-3H3,(H,13,14). The molecule has 0 amide bonds. The Morgan fingerprint density at radius 2 is 1.86 bits per heavy atom. The van der Waals surface area contributed by atoms with Crippen molar-refractivity contribution < 1.29 is 9.90 Å². The maximum absolute atomic E-state index is 11.3. The predicted octanol–water partition coefficient (Wildman–Crippen LogP) is 2.25. The molecule has 0 radical (unpaired) electrons. The molecule has 3 nitrogen and oxygen atoms in total. The third-order valence-electron chi connectivity index (χ3n) is 3.25. The zero-order valence-corrected chi connectivity index (χ0v) is 9.55. The van der Waals surface area contributed by atoms with Gasteiger partial charge in [-0.3, -0.25) is 4.79 Å². The Kier molecular flexibility index (Phi) is 5.77. The summed E-state index contributed by atoms with van der Waals surface area (Å²) in [5, 5.41) is 9.31. The Hall–Kier alpha value is -0.570. The second kappa shape index (κ2) is 6.02. The second-order valence-electron chi connectivity index (χ2n) is 3.93. The first-order valence-electron chi connectivity index (χ1n) is 5.52. The van der Waals surface area contributed by atoms with Crippen LogP contribution in [-0.4, -0.2) is 17.6 Å². The van der Waals surface area contributed by atoms with Gasteiger partial charge in [-0.2, -0.15) is 0 Å². The van der Waals surface area contributed by atoms with Crippen LogP contribution >= 0.6 is 0 Å². The molecule has 1 atom stereocenters. The zero-order valence-electron chi connectivity index (χ0n) is 9.55. The highest BCUT2D eigenvalue weighted by Crippen LogP contribution is 2.36. The summed E-state index contributed by atoms with van der Waals surface area (Å²) in [6.07, 6.45) is 3.34. The topological polar surface area (TPSA) is 63.3 Å². The highest BCUT2D eigenvalue weighted by atomic mass is 16.4. The first-order valence-corrected chi connectivity index (χ1v) is 5.52. The second-order valence-corrected chi connectivity index (χ2v) is 3.93. The maximum Gasteiger partial charge on any atom is 0.311 e. The molecule has 3 N–H and O–H groups in total. The lowest BCUT2D eigenvalue weighted by Crippen LogP contribution is -2.44. The molecule has 0 bridgehead atoms. The van der Waals surface area contributed by atoms with Gasteiger partial charge in [0.2, 0.25) is 0 Å². The lowest BCUT2D eigenvalue weighted by Gasteiger charge is -2.35.